The van der Waals surface area contributed by atoms with Crippen LogP contribution in [-0.2, 0) is 4.74 Å². The van der Waals surface area contributed by atoms with Gasteiger partial charge in [-0.3, -0.25) is 4.79 Å². The summed E-state index contributed by atoms with van der Waals surface area (Å²) < 4.78 is 6.01. The first-order valence-electron chi connectivity index (χ1n) is 7.84. The molecule has 4 nitrogen and oxygen atoms in total. The summed E-state index contributed by atoms with van der Waals surface area (Å²) in [5.41, 5.74) is 1.73. The second-order valence-electron chi connectivity index (χ2n) is 6.28. The van der Waals surface area contributed by atoms with Crippen LogP contribution in [0.3, 0.4) is 0 Å². The molecule has 2 aromatic rings. The lowest BCUT2D eigenvalue weighted by molar-refractivity contribution is -0.0688. The number of nitrogens with one attached hydrogen (secondary N) is 2. The molecule has 0 saturated carbocycles. The van der Waals surface area contributed by atoms with E-state index >= 15 is 0 Å². The third kappa shape index (κ3) is 2.63. The predicted molar refractivity (Wildman–Crippen MR) is 89.4 cm³/mol. The van der Waals surface area contributed by atoms with Crippen molar-refractivity contribution in [3.63, 3.8) is 0 Å². The zero-order valence-electron chi connectivity index (χ0n) is 12.4. The van der Waals surface area contributed by atoms with Crippen molar-refractivity contribution in [3.05, 3.63) is 36.0 Å². The topological polar surface area (TPSA) is 54.1 Å². The molecule has 1 amide bonds. The number of benzene rings is 1. The monoisotopic (exact) mass is 316 g/mol. The number of ether oxygens (including phenoxy) is 1. The van der Waals surface area contributed by atoms with Gasteiger partial charge in [-0.05, 0) is 48.6 Å². The van der Waals surface area contributed by atoms with E-state index in [1.54, 1.807) is 0 Å². The summed E-state index contributed by atoms with van der Waals surface area (Å²) in [5.74, 6) is 2.25. The average Bonchev–Trinajstić information content (AvgIpc) is 3.16. The lowest BCUT2D eigenvalue weighted by Crippen LogP contribution is -2.48. The summed E-state index contributed by atoms with van der Waals surface area (Å²) in [6, 6.07) is 8.04. The van der Waals surface area contributed by atoms with E-state index in [1.807, 2.05) is 42.2 Å². The summed E-state index contributed by atoms with van der Waals surface area (Å²) in [4.78, 5) is 15.7. The molecule has 2 saturated heterocycles. The Morgan fingerprint density at radius 1 is 1.41 bits per heavy atom. The average molecular weight is 316 g/mol. The van der Waals surface area contributed by atoms with Gasteiger partial charge in [0.1, 0.15) is 0 Å². The number of aromatic amines is 1. The molecule has 2 aliphatic heterocycles. The Balaban J connectivity index is 1.46. The fraction of sp³-hybridized carbons (Fsp3) is 0.471. The fourth-order valence-electron chi connectivity index (χ4n) is 3.47. The lowest BCUT2D eigenvalue weighted by Gasteiger charge is -2.38. The molecular formula is C17H20N2O2S. The number of carbonyl (C=O) groups is 1. The highest BCUT2D eigenvalue weighted by atomic mass is 32.2. The van der Waals surface area contributed by atoms with Crippen molar-refractivity contribution in [1.29, 1.82) is 0 Å². The Labute approximate surface area is 134 Å². The molecule has 0 bridgehead atoms. The van der Waals surface area contributed by atoms with E-state index < -0.39 is 0 Å². The Morgan fingerprint density at radius 3 is 3.23 bits per heavy atom. The number of aromatic nitrogens is 1. The second-order valence-corrected chi connectivity index (χ2v) is 7.38. The molecular weight excluding hydrogens is 296 g/mol. The molecule has 2 aliphatic rings. The molecule has 22 heavy (non-hydrogen) atoms. The molecule has 5 heteroatoms. The lowest BCUT2D eigenvalue weighted by atomic mass is 9.89. The largest absolute Gasteiger partial charge is 0.374 e. The first-order chi connectivity index (χ1) is 10.7. The Kier molecular flexibility index (Phi) is 3.62. The SMILES string of the molecule is O=C(NC1CCOC2(CCSC2)C1)c1ccc2cc[nH]c2c1. The number of amides is 1. The van der Waals surface area contributed by atoms with E-state index in [-0.39, 0.29) is 17.6 Å². The maximum Gasteiger partial charge on any atom is 0.251 e. The minimum atomic E-state index is 0.00424. The van der Waals surface area contributed by atoms with Gasteiger partial charge < -0.3 is 15.0 Å². The molecule has 2 N–H and O–H groups in total. The zero-order valence-corrected chi connectivity index (χ0v) is 13.2. The van der Waals surface area contributed by atoms with Gasteiger partial charge in [-0.15, -0.1) is 0 Å². The molecule has 2 atom stereocenters. The number of hydrogen-bond acceptors (Lipinski definition) is 3. The first-order valence-corrected chi connectivity index (χ1v) is 8.99. The van der Waals surface area contributed by atoms with Crippen molar-refractivity contribution in [2.24, 2.45) is 0 Å². The fourth-order valence-corrected chi connectivity index (χ4v) is 4.85. The van der Waals surface area contributed by atoms with Crippen molar-refractivity contribution in [1.82, 2.24) is 10.3 Å². The number of H-pyrrole nitrogens is 1. The highest BCUT2D eigenvalue weighted by Gasteiger charge is 2.40. The number of rotatable bonds is 2. The Hall–Kier alpha value is -1.46. The van der Waals surface area contributed by atoms with Gasteiger partial charge in [0.15, 0.2) is 0 Å². The van der Waals surface area contributed by atoms with Gasteiger partial charge in [0.05, 0.1) is 5.60 Å². The van der Waals surface area contributed by atoms with Crippen LogP contribution in [0.2, 0.25) is 0 Å². The van der Waals surface area contributed by atoms with Crippen LogP contribution in [0.4, 0.5) is 0 Å². The van der Waals surface area contributed by atoms with E-state index in [4.69, 9.17) is 4.74 Å². The molecule has 0 aliphatic carbocycles. The normalized spacial score (nSPS) is 28.3. The third-order valence-corrected chi connectivity index (χ3v) is 5.94. The quantitative estimate of drug-likeness (QED) is 0.895. The van der Waals surface area contributed by atoms with Gasteiger partial charge in [-0.2, -0.15) is 11.8 Å². The molecule has 1 aromatic heterocycles. The van der Waals surface area contributed by atoms with E-state index in [1.165, 1.54) is 5.75 Å². The molecule has 2 unspecified atom stereocenters. The van der Waals surface area contributed by atoms with Crippen molar-refractivity contribution in [2.75, 3.05) is 18.1 Å². The molecule has 1 spiro atoms. The molecule has 2 fully saturated rings. The summed E-state index contributed by atoms with van der Waals surface area (Å²) in [7, 11) is 0. The van der Waals surface area contributed by atoms with Crippen LogP contribution in [0.15, 0.2) is 30.5 Å². The van der Waals surface area contributed by atoms with Gasteiger partial charge in [-0.25, -0.2) is 0 Å². The third-order valence-electron chi connectivity index (χ3n) is 4.71. The van der Waals surface area contributed by atoms with Crippen molar-refractivity contribution < 1.29 is 9.53 Å². The van der Waals surface area contributed by atoms with Crippen molar-refractivity contribution >= 4 is 28.6 Å². The summed E-state index contributed by atoms with van der Waals surface area (Å²) in [6.45, 7) is 0.751. The molecule has 1 aromatic carbocycles. The van der Waals surface area contributed by atoms with E-state index in [0.29, 0.717) is 0 Å². The van der Waals surface area contributed by atoms with Crippen LogP contribution in [-0.4, -0.2) is 40.6 Å². The number of carbonyl (C=O) groups excluding carboxylic acids is 1. The maximum atomic E-state index is 12.5. The van der Waals surface area contributed by atoms with Gasteiger partial charge in [-0.1, -0.05) is 6.07 Å². The molecule has 4 rings (SSSR count). The van der Waals surface area contributed by atoms with Crippen LogP contribution in [0.25, 0.3) is 10.9 Å². The van der Waals surface area contributed by atoms with Crippen LogP contribution >= 0.6 is 11.8 Å². The van der Waals surface area contributed by atoms with Gasteiger partial charge >= 0.3 is 0 Å². The van der Waals surface area contributed by atoms with Gasteiger partial charge in [0, 0.05) is 35.7 Å². The van der Waals surface area contributed by atoms with Gasteiger partial charge in [0.25, 0.3) is 5.91 Å². The highest BCUT2D eigenvalue weighted by Crippen LogP contribution is 2.38. The van der Waals surface area contributed by atoms with E-state index in [2.05, 4.69) is 10.3 Å². The minimum Gasteiger partial charge on any atom is -0.374 e. The minimum absolute atomic E-state index is 0.00424. The molecule has 3 heterocycles. The highest BCUT2D eigenvalue weighted by molar-refractivity contribution is 7.99. The van der Waals surface area contributed by atoms with Crippen LogP contribution in [0, 0.1) is 0 Å². The van der Waals surface area contributed by atoms with Crippen LogP contribution < -0.4 is 5.32 Å². The summed E-state index contributed by atoms with van der Waals surface area (Å²) in [6.07, 6.45) is 4.85. The Morgan fingerprint density at radius 2 is 2.36 bits per heavy atom. The summed E-state index contributed by atoms with van der Waals surface area (Å²) in [5, 5.41) is 4.33. The standard InChI is InChI=1S/C17H20N2O2S/c20-16(13-2-1-12-3-6-18-15(12)9-13)19-14-4-7-21-17(10-14)5-8-22-11-17/h1-3,6,9,14,18H,4-5,7-8,10-11H2,(H,19,20). The number of thioether (sulfide) groups is 1. The van der Waals surface area contributed by atoms with Crippen molar-refractivity contribution in [2.45, 2.75) is 30.9 Å². The zero-order chi connectivity index (χ0) is 15.0. The van der Waals surface area contributed by atoms with Crippen molar-refractivity contribution in [3.8, 4) is 0 Å². The smallest absolute Gasteiger partial charge is 0.251 e. The van der Waals surface area contributed by atoms with Gasteiger partial charge in [0.2, 0.25) is 0 Å². The van der Waals surface area contributed by atoms with Crippen LogP contribution in [0.1, 0.15) is 29.6 Å². The maximum absolute atomic E-state index is 12.5. The molecule has 0 radical (unpaired) electrons. The van der Waals surface area contributed by atoms with E-state index in [0.717, 1.165) is 48.1 Å². The van der Waals surface area contributed by atoms with Crippen LogP contribution in [0.5, 0.6) is 0 Å². The Bertz CT molecular complexity index is 691. The predicted octanol–water partition coefficient (Wildman–Crippen LogP) is 2.95. The second kappa shape index (κ2) is 5.63. The summed E-state index contributed by atoms with van der Waals surface area (Å²) >= 11 is 1.96. The first kappa shape index (κ1) is 14.2. The number of hydrogen-bond donors (Lipinski definition) is 2. The van der Waals surface area contributed by atoms with E-state index in [9.17, 15) is 4.79 Å². The number of fused-ring (bicyclic) bond motifs is 1. The molecule has 116 valence electrons.